The number of benzene rings is 4. The zero-order valence-corrected chi connectivity index (χ0v) is 33.4. The van der Waals surface area contributed by atoms with Crippen molar-refractivity contribution in [3.63, 3.8) is 0 Å². The van der Waals surface area contributed by atoms with Gasteiger partial charge in [-0.15, -0.1) is 0 Å². The molecule has 1 aliphatic carbocycles. The zero-order chi connectivity index (χ0) is 36.5. The van der Waals surface area contributed by atoms with Gasteiger partial charge in [0.2, 0.25) is 18.1 Å². The fourth-order valence-corrected chi connectivity index (χ4v) is 13.6. The maximum atomic E-state index is 7.73. The molecule has 4 aromatic carbocycles. The largest absolute Gasteiger partial charge is 0.407 e. The summed E-state index contributed by atoms with van der Waals surface area (Å²) >= 11 is 0. The van der Waals surface area contributed by atoms with Gasteiger partial charge in [0.15, 0.2) is 11.5 Å². The Balaban J connectivity index is 1.35. The van der Waals surface area contributed by atoms with Gasteiger partial charge in [0.25, 0.3) is 0 Å². The van der Waals surface area contributed by atoms with Crippen molar-refractivity contribution in [3.05, 3.63) is 134 Å². The van der Waals surface area contributed by atoms with Crippen LogP contribution in [0.25, 0.3) is 11.2 Å². The molecule has 5 atom stereocenters. The summed E-state index contributed by atoms with van der Waals surface area (Å²) in [4.78, 5) is 13.7. The van der Waals surface area contributed by atoms with Crippen molar-refractivity contribution >= 4 is 55.8 Å². The summed E-state index contributed by atoms with van der Waals surface area (Å²) < 4.78 is 17.6. The van der Waals surface area contributed by atoms with E-state index in [9.17, 15) is 0 Å². The van der Waals surface area contributed by atoms with Gasteiger partial charge in [-0.05, 0) is 43.9 Å². The van der Waals surface area contributed by atoms with Crippen molar-refractivity contribution < 1.29 is 8.85 Å². The Morgan fingerprint density at radius 2 is 1.04 bits per heavy atom. The van der Waals surface area contributed by atoms with Crippen LogP contribution in [0.2, 0.25) is 0 Å². The monoisotopic (exact) mass is 725 g/mol. The molecule has 1 fully saturated rings. The Bertz CT molecular complexity index is 1970. The first kappa shape index (κ1) is 36.0. The number of nitrogen functional groups attached to an aromatic ring is 1. The Morgan fingerprint density at radius 3 is 1.46 bits per heavy atom. The molecule has 6 aromatic rings. The van der Waals surface area contributed by atoms with Crippen LogP contribution < -0.4 is 26.5 Å². The molecule has 0 bridgehead atoms. The van der Waals surface area contributed by atoms with Crippen LogP contribution in [0.15, 0.2) is 134 Å². The second-order valence-corrected chi connectivity index (χ2v) is 21.1. The smallest absolute Gasteiger partial charge is 0.240 e. The van der Waals surface area contributed by atoms with Gasteiger partial charge >= 0.3 is 0 Å². The molecule has 1 aliphatic rings. The molecule has 0 amide bonds. The maximum absolute atomic E-state index is 7.73. The Hall–Kier alpha value is -4.42. The van der Waals surface area contributed by atoms with Crippen molar-refractivity contribution in [1.82, 2.24) is 19.5 Å². The van der Waals surface area contributed by atoms with Crippen LogP contribution >= 0.6 is 0 Å². The van der Waals surface area contributed by atoms with E-state index in [1.165, 1.54) is 20.7 Å². The average molecular weight is 726 g/mol. The summed E-state index contributed by atoms with van der Waals surface area (Å²) in [6.07, 6.45) is 4.22. The minimum atomic E-state index is -2.14. The minimum Gasteiger partial charge on any atom is -0.407 e. The molecule has 2 heterocycles. The zero-order valence-electron chi connectivity index (χ0n) is 31.1. The highest BCUT2D eigenvalue weighted by atomic mass is 28.3. The molecular weight excluding hydrogens is 675 g/mol. The van der Waals surface area contributed by atoms with Crippen LogP contribution in [-0.4, -0.2) is 49.8 Å². The lowest BCUT2D eigenvalue weighted by Crippen LogP contribution is -2.62. The van der Waals surface area contributed by atoms with E-state index >= 15 is 0 Å². The van der Waals surface area contributed by atoms with Gasteiger partial charge in [-0.2, -0.15) is 0 Å². The molecule has 0 aliphatic heterocycles. The van der Waals surface area contributed by atoms with E-state index in [1.54, 1.807) is 6.33 Å². The predicted octanol–water partition coefficient (Wildman–Crippen LogP) is 5.52. The molecule has 0 radical (unpaired) electrons. The quantitative estimate of drug-likeness (QED) is 0.177. The van der Waals surface area contributed by atoms with E-state index in [0.717, 1.165) is 12.1 Å². The first-order chi connectivity index (χ1) is 25.0. The van der Waals surface area contributed by atoms with Crippen molar-refractivity contribution in [2.75, 3.05) is 5.73 Å². The molecule has 1 saturated carbocycles. The van der Waals surface area contributed by atoms with Crippen LogP contribution in [0.5, 0.6) is 0 Å². The number of nitrogens with zero attached hydrogens (tertiary/aromatic N) is 4. The standard InChI is InChI=1S/C43H51N5O2Si2/c1-42(2,3)38(49-51(30-19-11-7-12-20-30)31-21-13-8-14-22-31)34-27-35(48-29-47-37-40(44)45-28-46-41(37)48)36(34)39(43(4,5)6)50-52(32-23-15-9-16-24-32)33-25-17-10-18-26-33/h7-26,28-29,34-36,38-39,51-52H,27H2,1-6H3,(H2,44,45,46)/t34-,35-,36+,38?,39?/m0/s1. The van der Waals surface area contributed by atoms with Crippen molar-refractivity contribution in [1.29, 1.82) is 0 Å². The molecular formula is C43H51N5O2Si2. The Labute approximate surface area is 311 Å². The number of imidazole rings is 1. The molecule has 7 rings (SSSR count). The van der Waals surface area contributed by atoms with Gasteiger partial charge < -0.3 is 19.2 Å². The summed E-state index contributed by atoms with van der Waals surface area (Å²) in [6.45, 7) is 14.0. The molecule has 268 valence electrons. The van der Waals surface area contributed by atoms with Crippen LogP contribution in [-0.2, 0) is 8.85 Å². The third-order valence-corrected chi connectivity index (χ3v) is 15.7. The van der Waals surface area contributed by atoms with Gasteiger partial charge in [0.1, 0.15) is 11.8 Å². The molecule has 52 heavy (non-hydrogen) atoms. The number of fused-ring (bicyclic) bond motifs is 1. The summed E-state index contributed by atoms with van der Waals surface area (Å²) in [5.41, 5.74) is 7.39. The van der Waals surface area contributed by atoms with Gasteiger partial charge in [0, 0.05) is 12.0 Å². The first-order valence-electron chi connectivity index (χ1n) is 18.4. The van der Waals surface area contributed by atoms with E-state index < -0.39 is 18.1 Å². The van der Waals surface area contributed by atoms with Gasteiger partial charge in [-0.3, -0.25) is 0 Å². The van der Waals surface area contributed by atoms with E-state index in [4.69, 9.17) is 24.6 Å². The third kappa shape index (κ3) is 7.41. The fraction of sp³-hybridized carbons (Fsp3) is 0.326. The van der Waals surface area contributed by atoms with Gasteiger partial charge in [-0.1, -0.05) is 163 Å². The highest BCUT2D eigenvalue weighted by Crippen LogP contribution is 2.56. The number of nitrogens with two attached hydrogens (primary N) is 1. The van der Waals surface area contributed by atoms with Crippen LogP contribution in [0.4, 0.5) is 5.82 Å². The van der Waals surface area contributed by atoms with Crippen molar-refractivity contribution in [2.45, 2.75) is 66.2 Å². The van der Waals surface area contributed by atoms with Gasteiger partial charge in [0.05, 0.1) is 18.5 Å². The molecule has 2 N–H and O–H groups in total. The summed E-state index contributed by atoms with van der Waals surface area (Å²) in [6, 6.07) is 43.4. The van der Waals surface area contributed by atoms with Crippen LogP contribution in [0.1, 0.15) is 54.0 Å². The molecule has 0 saturated heterocycles. The summed E-state index contributed by atoms with van der Waals surface area (Å²) in [5.74, 6) is 0.701. The normalized spacial score (nSPS) is 19.1. The highest BCUT2D eigenvalue weighted by Gasteiger charge is 2.56. The number of aromatic nitrogens is 4. The summed E-state index contributed by atoms with van der Waals surface area (Å²) in [5, 5.41) is 5.11. The van der Waals surface area contributed by atoms with E-state index in [1.807, 2.05) is 6.33 Å². The molecule has 0 spiro atoms. The minimum absolute atomic E-state index is 0.0395. The van der Waals surface area contributed by atoms with Crippen LogP contribution in [0, 0.1) is 22.7 Å². The van der Waals surface area contributed by atoms with E-state index in [0.29, 0.717) is 11.3 Å². The van der Waals surface area contributed by atoms with Crippen molar-refractivity contribution in [3.8, 4) is 0 Å². The van der Waals surface area contributed by atoms with E-state index in [2.05, 4.69) is 172 Å². The summed E-state index contributed by atoms with van der Waals surface area (Å²) in [7, 11) is -4.23. The second kappa shape index (κ2) is 14.9. The molecule has 2 unspecified atom stereocenters. The van der Waals surface area contributed by atoms with Crippen molar-refractivity contribution in [2.24, 2.45) is 22.7 Å². The van der Waals surface area contributed by atoms with Gasteiger partial charge in [-0.25, -0.2) is 15.0 Å². The lowest BCUT2D eigenvalue weighted by Gasteiger charge is -2.57. The lowest BCUT2D eigenvalue weighted by atomic mass is 9.57. The first-order valence-corrected chi connectivity index (χ1v) is 21.7. The molecule has 9 heteroatoms. The SMILES string of the molecule is CC(C)(C)C(O[SiH](c1ccccc1)c1ccccc1)[C@@H]1[C@@H](C(O[SiH](c2ccccc2)c2ccccc2)C(C)(C)C)C[C@@H]1n1cnc2c(N)ncnc21. The Kier molecular flexibility index (Phi) is 10.3. The number of rotatable bonds is 11. The second-order valence-electron chi connectivity index (χ2n) is 16.4. The number of hydrogen-bond donors (Lipinski definition) is 1. The van der Waals surface area contributed by atoms with E-state index in [-0.39, 0.29) is 40.9 Å². The lowest BCUT2D eigenvalue weighted by molar-refractivity contribution is -0.127. The number of anilines is 1. The molecule has 2 aromatic heterocycles. The highest BCUT2D eigenvalue weighted by molar-refractivity contribution is 6.80. The fourth-order valence-electron chi connectivity index (χ4n) is 8.17. The average Bonchev–Trinajstić information content (AvgIpc) is 3.56. The molecule has 7 nitrogen and oxygen atoms in total. The Morgan fingerprint density at radius 1 is 0.615 bits per heavy atom. The third-order valence-electron chi connectivity index (χ3n) is 10.6. The topological polar surface area (TPSA) is 88.1 Å². The van der Waals surface area contributed by atoms with Crippen LogP contribution in [0.3, 0.4) is 0 Å². The predicted molar refractivity (Wildman–Crippen MR) is 218 cm³/mol. The maximum Gasteiger partial charge on any atom is 0.240 e. The number of hydrogen-bond acceptors (Lipinski definition) is 6.